The van der Waals surface area contributed by atoms with Gasteiger partial charge in [0.05, 0.1) is 12.3 Å². The van der Waals surface area contributed by atoms with Crippen molar-refractivity contribution in [2.24, 2.45) is 11.3 Å². The number of rotatable bonds is 3. The summed E-state index contributed by atoms with van der Waals surface area (Å²) >= 11 is 0. The highest BCUT2D eigenvalue weighted by atomic mass is 16.5. The number of carbonyl (C=O) groups is 2. The Morgan fingerprint density at radius 2 is 1.73 bits per heavy atom. The molecule has 5 nitrogen and oxygen atoms in total. The molecule has 3 fully saturated rings. The van der Waals surface area contributed by atoms with E-state index in [1.54, 1.807) is 0 Å². The summed E-state index contributed by atoms with van der Waals surface area (Å²) in [6.07, 6.45) is 4.38. The number of amides is 2. The van der Waals surface area contributed by atoms with Gasteiger partial charge < -0.3 is 14.5 Å². The van der Waals surface area contributed by atoms with Crippen molar-refractivity contribution in [3.05, 3.63) is 35.9 Å². The third-order valence-electron chi connectivity index (χ3n) is 6.40. The van der Waals surface area contributed by atoms with Crippen LogP contribution in [-0.2, 0) is 20.7 Å². The predicted molar refractivity (Wildman–Crippen MR) is 98.5 cm³/mol. The minimum absolute atomic E-state index is 0.0655. The topological polar surface area (TPSA) is 49.9 Å². The van der Waals surface area contributed by atoms with Gasteiger partial charge in [-0.05, 0) is 31.2 Å². The maximum atomic E-state index is 13.2. The Bertz CT molecular complexity index is 648. The van der Waals surface area contributed by atoms with Crippen molar-refractivity contribution in [1.82, 2.24) is 9.80 Å². The summed E-state index contributed by atoms with van der Waals surface area (Å²) in [6.45, 7) is 4.42. The first-order valence-corrected chi connectivity index (χ1v) is 9.86. The fourth-order valence-corrected chi connectivity index (χ4v) is 4.82. The summed E-state index contributed by atoms with van der Waals surface area (Å²) in [6, 6.07) is 9.88. The van der Waals surface area contributed by atoms with Crippen LogP contribution in [0.2, 0.25) is 0 Å². The standard InChI is InChI=1S/C21H28N2O3/c24-19(14-17-6-2-1-3-7-17)23-15-18(20(25)22-10-4-5-11-22)21(16-23)8-12-26-13-9-21/h1-3,6-7,18H,4-5,8-16H2/t18-/m1/s1. The number of likely N-dealkylation sites (tertiary alicyclic amines) is 2. The van der Waals surface area contributed by atoms with Gasteiger partial charge in [-0.3, -0.25) is 9.59 Å². The minimum Gasteiger partial charge on any atom is -0.381 e. The van der Waals surface area contributed by atoms with Crippen molar-refractivity contribution in [2.75, 3.05) is 39.4 Å². The first-order valence-electron chi connectivity index (χ1n) is 9.86. The van der Waals surface area contributed by atoms with Crippen molar-refractivity contribution in [3.8, 4) is 0 Å². The fraction of sp³-hybridized carbons (Fsp3) is 0.619. The Morgan fingerprint density at radius 3 is 2.42 bits per heavy atom. The molecule has 0 unspecified atom stereocenters. The molecule has 1 spiro atoms. The Kier molecular flexibility index (Phi) is 4.98. The Hall–Kier alpha value is -1.88. The van der Waals surface area contributed by atoms with Crippen LogP contribution < -0.4 is 0 Å². The van der Waals surface area contributed by atoms with Gasteiger partial charge in [-0.15, -0.1) is 0 Å². The molecule has 1 aromatic rings. The van der Waals surface area contributed by atoms with E-state index >= 15 is 0 Å². The van der Waals surface area contributed by atoms with Crippen LogP contribution in [0.1, 0.15) is 31.2 Å². The lowest BCUT2D eigenvalue weighted by molar-refractivity contribution is -0.139. The average Bonchev–Trinajstić information content (AvgIpc) is 3.32. The Balaban J connectivity index is 1.51. The lowest BCUT2D eigenvalue weighted by atomic mass is 9.71. The molecule has 3 heterocycles. The molecule has 4 rings (SSSR count). The number of hydrogen-bond acceptors (Lipinski definition) is 3. The van der Waals surface area contributed by atoms with Crippen molar-refractivity contribution in [1.29, 1.82) is 0 Å². The summed E-state index contributed by atoms with van der Waals surface area (Å²) in [5, 5.41) is 0. The molecule has 2 amide bonds. The highest BCUT2D eigenvalue weighted by molar-refractivity contribution is 5.84. The first kappa shape index (κ1) is 17.5. The zero-order valence-corrected chi connectivity index (χ0v) is 15.4. The molecule has 3 aliphatic heterocycles. The van der Waals surface area contributed by atoms with Gasteiger partial charge in [-0.2, -0.15) is 0 Å². The Labute approximate surface area is 155 Å². The van der Waals surface area contributed by atoms with E-state index in [9.17, 15) is 9.59 Å². The normalized spacial score (nSPS) is 25.0. The van der Waals surface area contributed by atoms with Crippen molar-refractivity contribution in [3.63, 3.8) is 0 Å². The molecular weight excluding hydrogens is 328 g/mol. The van der Waals surface area contributed by atoms with Gasteiger partial charge in [0.25, 0.3) is 0 Å². The smallest absolute Gasteiger partial charge is 0.228 e. The number of nitrogens with zero attached hydrogens (tertiary/aromatic N) is 2. The summed E-state index contributed by atoms with van der Waals surface area (Å²) in [5.74, 6) is 0.336. The number of carbonyl (C=O) groups excluding carboxylic acids is 2. The van der Waals surface area contributed by atoms with Gasteiger partial charge in [0, 0.05) is 44.8 Å². The first-order chi connectivity index (χ1) is 12.7. The Morgan fingerprint density at radius 1 is 1.04 bits per heavy atom. The monoisotopic (exact) mass is 356 g/mol. The quantitative estimate of drug-likeness (QED) is 0.833. The molecule has 3 saturated heterocycles. The maximum Gasteiger partial charge on any atom is 0.228 e. The lowest BCUT2D eigenvalue weighted by Crippen LogP contribution is -2.45. The summed E-state index contributed by atoms with van der Waals surface area (Å²) in [5.41, 5.74) is 0.942. The average molecular weight is 356 g/mol. The maximum absolute atomic E-state index is 13.2. The van der Waals surface area contributed by atoms with Crippen LogP contribution in [0.4, 0.5) is 0 Å². The molecule has 0 radical (unpaired) electrons. The molecule has 0 aliphatic carbocycles. The van der Waals surface area contributed by atoms with E-state index in [1.807, 2.05) is 40.1 Å². The van der Waals surface area contributed by atoms with Gasteiger partial charge in [-0.1, -0.05) is 30.3 Å². The van der Waals surface area contributed by atoms with Crippen LogP contribution in [0.25, 0.3) is 0 Å². The highest BCUT2D eigenvalue weighted by Crippen LogP contribution is 2.45. The molecule has 140 valence electrons. The van der Waals surface area contributed by atoms with E-state index in [1.165, 1.54) is 0 Å². The SMILES string of the molecule is O=C(Cc1ccccc1)N1C[C@H](C(=O)N2CCCC2)C2(CCOCC2)C1. The molecule has 1 atom stereocenters. The molecule has 5 heteroatoms. The number of benzene rings is 1. The largest absolute Gasteiger partial charge is 0.381 e. The molecule has 1 aromatic carbocycles. The van der Waals surface area contributed by atoms with E-state index in [2.05, 4.69) is 0 Å². The van der Waals surface area contributed by atoms with Crippen molar-refractivity contribution in [2.45, 2.75) is 32.1 Å². The second-order valence-electron chi connectivity index (χ2n) is 8.00. The number of ether oxygens (including phenoxy) is 1. The van der Waals surface area contributed by atoms with Crippen LogP contribution in [0.5, 0.6) is 0 Å². The van der Waals surface area contributed by atoms with E-state index in [4.69, 9.17) is 4.74 Å². The third-order valence-corrected chi connectivity index (χ3v) is 6.40. The van der Waals surface area contributed by atoms with Crippen molar-refractivity contribution >= 4 is 11.8 Å². The molecular formula is C21H28N2O3. The lowest BCUT2D eigenvalue weighted by Gasteiger charge is -2.38. The second-order valence-corrected chi connectivity index (χ2v) is 8.00. The van der Waals surface area contributed by atoms with E-state index in [0.717, 1.165) is 44.3 Å². The van der Waals surface area contributed by atoms with E-state index in [0.29, 0.717) is 32.7 Å². The van der Waals surface area contributed by atoms with Crippen LogP contribution in [0.15, 0.2) is 30.3 Å². The molecule has 0 aromatic heterocycles. The van der Waals surface area contributed by atoms with Crippen LogP contribution in [0.3, 0.4) is 0 Å². The zero-order valence-electron chi connectivity index (χ0n) is 15.4. The summed E-state index contributed by atoms with van der Waals surface area (Å²) in [7, 11) is 0. The highest BCUT2D eigenvalue weighted by Gasteiger charge is 2.52. The molecule has 0 bridgehead atoms. The van der Waals surface area contributed by atoms with Gasteiger partial charge in [0.2, 0.25) is 11.8 Å². The van der Waals surface area contributed by atoms with Crippen LogP contribution >= 0.6 is 0 Å². The zero-order chi connectivity index (χ0) is 18.0. The second kappa shape index (κ2) is 7.39. The predicted octanol–water partition coefficient (Wildman–Crippen LogP) is 2.11. The molecule has 3 aliphatic rings. The van der Waals surface area contributed by atoms with Gasteiger partial charge >= 0.3 is 0 Å². The third kappa shape index (κ3) is 3.37. The van der Waals surface area contributed by atoms with Gasteiger partial charge in [-0.25, -0.2) is 0 Å². The minimum atomic E-state index is -0.0930. The summed E-state index contributed by atoms with van der Waals surface area (Å²) in [4.78, 5) is 30.1. The molecule has 0 saturated carbocycles. The van der Waals surface area contributed by atoms with E-state index in [-0.39, 0.29) is 23.1 Å². The van der Waals surface area contributed by atoms with E-state index < -0.39 is 0 Å². The van der Waals surface area contributed by atoms with Gasteiger partial charge in [0.15, 0.2) is 0 Å². The van der Waals surface area contributed by atoms with Crippen LogP contribution in [-0.4, -0.2) is 61.0 Å². The van der Waals surface area contributed by atoms with Crippen molar-refractivity contribution < 1.29 is 14.3 Å². The summed E-state index contributed by atoms with van der Waals surface area (Å²) < 4.78 is 5.57. The molecule has 0 N–H and O–H groups in total. The number of hydrogen-bond donors (Lipinski definition) is 0. The van der Waals surface area contributed by atoms with Gasteiger partial charge in [0.1, 0.15) is 0 Å². The molecule has 26 heavy (non-hydrogen) atoms. The van der Waals surface area contributed by atoms with Crippen LogP contribution in [0, 0.1) is 11.3 Å². The fourth-order valence-electron chi connectivity index (χ4n) is 4.82.